The molecule has 17 heavy (non-hydrogen) atoms. The van der Waals surface area contributed by atoms with Gasteiger partial charge in [0.25, 0.3) is 0 Å². The number of benzene rings is 1. The van der Waals surface area contributed by atoms with E-state index in [1.54, 1.807) is 0 Å². The summed E-state index contributed by atoms with van der Waals surface area (Å²) in [6.07, 6.45) is 0. The largest absolute Gasteiger partial charge is 0.312 e. The lowest BCUT2D eigenvalue weighted by atomic mass is 10.1. The number of hydrogen-bond donors (Lipinski definition) is 1. The number of nitrogens with one attached hydrogen (secondary N) is 1. The molecule has 2 nitrogen and oxygen atoms in total. The predicted molar refractivity (Wildman–Crippen MR) is 78.9 cm³/mol. The van der Waals surface area contributed by atoms with E-state index < -0.39 is 0 Å². The monoisotopic (exact) mass is 318 g/mol. The Bertz CT molecular complexity index is 370. The molecule has 0 aliphatic carbocycles. The van der Waals surface area contributed by atoms with Crippen LogP contribution in [0.4, 0.5) is 0 Å². The van der Waals surface area contributed by atoms with Crippen molar-refractivity contribution in [3.05, 3.63) is 33.8 Å². The van der Waals surface area contributed by atoms with Gasteiger partial charge in [0.05, 0.1) is 0 Å². The molecule has 2 rings (SSSR count). The van der Waals surface area contributed by atoms with Gasteiger partial charge in [-0.3, -0.25) is 4.90 Å². The van der Waals surface area contributed by atoms with Gasteiger partial charge in [0.2, 0.25) is 0 Å². The van der Waals surface area contributed by atoms with Crippen LogP contribution in [0.3, 0.4) is 0 Å². The summed E-state index contributed by atoms with van der Waals surface area (Å²) in [6.45, 7) is 8.83. The van der Waals surface area contributed by atoms with Crippen LogP contribution in [-0.4, -0.2) is 30.6 Å². The molecule has 0 saturated carbocycles. The Balaban J connectivity index is 0.00000144. The van der Waals surface area contributed by atoms with Crippen LogP contribution in [0.1, 0.15) is 18.1 Å². The Kier molecular flexibility index (Phi) is 5.93. The van der Waals surface area contributed by atoms with Gasteiger partial charge < -0.3 is 5.32 Å². The summed E-state index contributed by atoms with van der Waals surface area (Å²) in [4.78, 5) is 2.51. The molecule has 4 heteroatoms. The van der Waals surface area contributed by atoms with E-state index in [-0.39, 0.29) is 12.4 Å². The van der Waals surface area contributed by atoms with E-state index >= 15 is 0 Å². The smallest absolute Gasteiger partial charge is 0.0235 e. The second-order valence-electron chi connectivity index (χ2n) is 4.67. The van der Waals surface area contributed by atoms with Crippen molar-refractivity contribution in [3.8, 4) is 0 Å². The number of hydrogen-bond acceptors (Lipinski definition) is 2. The van der Waals surface area contributed by atoms with E-state index in [0.29, 0.717) is 6.04 Å². The molecule has 1 aliphatic rings. The van der Waals surface area contributed by atoms with Crippen LogP contribution in [0.5, 0.6) is 0 Å². The third kappa shape index (κ3) is 4.25. The maximum atomic E-state index is 3.59. The minimum absolute atomic E-state index is 0. The number of halogens is 2. The first-order valence-corrected chi connectivity index (χ1v) is 6.65. The molecule has 0 amide bonds. The first-order chi connectivity index (χ1) is 7.65. The van der Waals surface area contributed by atoms with E-state index in [1.165, 1.54) is 15.6 Å². The summed E-state index contributed by atoms with van der Waals surface area (Å²) in [6, 6.07) is 7.27. The van der Waals surface area contributed by atoms with Crippen molar-refractivity contribution in [3.63, 3.8) is 0 Å². The number of rotatable bonds is 2. The van der Waals surface area contributed by atoms with Crippen molar-refractivity contribution in [2.45, 2.75) is 26.4 Å². The molecule has 1 atom stereocenters. The quantitative estimate of drug-likeness (QED) is 0.901. The molecule has 1 N–H and O–H groups in total. The van der Waals surface area contributed by atoms with E-state index in [4.69, 9.17) is 0 Å². The highest BCUT2D eigenvalue weighted by atomic mass is 79.9. The lowest BCUT2D eigenvalue weighted by Gasteiger charge is -2.31. The summed E-state index contributed by atoms with van der Waals surface area (Å²) in [5.41, 5.74) is 2.70. The molecule has 1 aliphatic heterocycles. The Hall–Kier alpha value is -0.0900. The van der Waals surface area contributed by atoms with Crippen molar-refractivity contribution in [2.24, 2.45) is 0 Å². The lowest BCUT2D eigenvalue weighted by molar-refractivity contribution is 0.199. The number of piperazine rings is 1. The molecule has 0 radical (unpaired) electrons. The Morgan fingerprint density at radius 1 is 1.47 bits per heavy atom. The molecule has 1 aromatic rings. The highest BCUT2D eigenvalue weighted by molar-refractivity contribution is 9.10. The zero-order chi connectivity index (χ0) is 11.5. The molecule has 1 fully saturated rings. The normalized spacial score (nSPS) is 21.0. The van der Waals surface area contributed by atoms with Gasteiger partial charge in [-0.15, -0.1) is 12.4 Å². The maximum absolute atomic E-state index is 3.59. The Morgan fingerprint density at radius 3 is 2.88 bits per heavy atom. The Labute approximate surface area is 118 Å². The zero-order valence-electron chi connectivity index (χ0n) is 10.4. The van der Waals surface area contributed by atoms with Gasteiger partial charge in [0.15, 0.2) is 0 Å². The Morgan fingerprint density at radius 2 is 2.24 bits per heavy atom. The van der Waals surface area contributed by atoms with Gasteiger partial charge in [-0.2, -0.15) is 0 Å². The molecule has 1 aromatic carbocycles. The highest BCUT2D eigenvalue weighted by Gasteiger charge is 2.15. The molecule has 1 unspecified atom stereocenters. The van der Waals surface area contributed by atoms with E-state index in [1.807, 2.05) is 0 Å². The summed E-state index contributed by atoms with van der Waals surface area (Å²) in [5, 5.41) is 3.47. The molecule has 0 spiro atoms. The van der Waals surface area contributed by atoms with E-state index in [9.17, 15) is 0 Å². The van der Waals surface area contributed by atoms with E-state index in [2.05, 4.69) is 58.2 Å². The second-order valence-corrected chi connectivity index (χ2v) is 5.53. The van der Waals surface area contributed by atoms with Crippen LogP contribution in [-0.2, 0) is 6.54 Å². The maximum Gasteiger partial charge on any atom is 0.0235 e. The van der Waals surface area contributed by atoms with Gasteiger partial charge in [-0.25, -0.2) is 0 Å². The van der Waals surface area contributed by atoms with Crippen LogP contribution in [0.2, 0.25) is 0 Å². The van der Waals surface area contributed by atoms with Crippen LogP contribution in [0, 0.1) is 6.92 Å². The lowest BCUT2D eigenvalue weighted by Crippen LogP contribution is -2.48. The topological polar surface area (TPSA) is 15.3 Å². The minimum atomic E-state index is 0. The molecule has 0 aromatic heterocycles. The fraction of sp³-hybridized carbons (Fsp3) is 0.538. The standard InChI is InChI=1S/C13H19BrN2.ClH/c1-10-3-4-12(7-13(10)14)9-16-6-5-15-11(2)8-16;/h3-4,7,11,15H,5-6,8-9H2,1-2H3;1H. The average Bonchev–Trinajstić information content (AvgIpc) is 2.24. The first-order valence-electron chi connectivity index (χ1n) is 5.86. The average molecular weight is 320 g/mol. The van der Waals surface area contributed by atoms with Gasteiger partial charge in [-0.05, 0) is 31.0 Å². The first kappa shape index (κ1) is 15.0. The fourth-order valence-electron chi connectivity index (χ4n) is 2.15. The van der Waals surface area contributed by atoms with Crippen molar-refractivity contribution >= 4 is 28.3 Å². The molecular formula is C13H20BrClN2. The van der Waals surface area contributed by atoms with Crippen LogP contribution in [0.25, 0.3) is 0 Å². The highest BCUT2D eigenvalue weighted by Crippen LogP contribution is 2.18. The van der Waals surface area contributed by atoms with Crippen LogP contribution in [0.15, 0.2) is 22.7 Å². The number of nitrogens with zero attached hydrogens (tertiary/aromatic N) is 1. The SMILES string of the molecule is Cc1ccc(CN2CCNC(C)C2)cc1Br.Cl. The third-order valence-corrected chi connectivity index (χ3v) is 3.95. The zero-order valence-corrected chi connectivity index (χ0v) is 12.8. The van der Waals surface area contributed by atoms with Gasteiger partial charge >= 0.3 is 0 Å². The van der Waals surface area contributed by atoms with Crippen LogP contribution < -0.4 is 5.32 Å². The molecule has 96 valence electrons. The third-order valence-electron chi connectivity index (χ3n) is 3.10. The van der Waals surface area contributed by atoms with E-state index in [0.717, 1.165) is 26.2 Å². The molecule has 0 bridgehead atoms. The predicted octanol–water partition coefficient (Wildman–Crippen LogP) is 2.97. The minimum Gasteiger partial charge on any atom is -0.312 e. The van der Waals surface area contributed by atoms with Crippen molar-refractivity contribution in [2.75, 3.05) is 19.6 Å². The summed E-state index contributed by atoms with van der Waals surface area (Å²) >= 11 is 3.59. The summed E-state index contributed by atoms with van der Waals surface area (Å²) in [7, 11) is 0. The van der Waals surface area contributed by atoms with Crippen molar-refractivity contribution in [1.82, 2.24) is 10.2 Å². The molecular weight excluding hydrogens is 300 g/mol. The van der Waals surface area contributed by atoms with Gasteiger partial charge in [-0.1, -0.05) is 28.1 Å². The molecule has 1 saturated heterocycles. The van der Waals surface area contributed by atoms with Gasteiger partial charge in [0.1, 0.15) is 0 Å². The van der Waals surface area contributed by atoms with Crippen molar-refractivity contribution in [1.29, 1.82) is 0 Å². The second kappa shape index (κ2) is 6.74. The molecule has 1 heterocycles. The van der Waals surface area contributed by atoms with Crippen LogP contribution >= 0.6 is 28.3 Å². The summed E-state index contributed by atoms with van der Waals surface area (Å²) in [5.74, 6) is 0. The van der Waals surface area contributed by atoms with Gasteiger partial charge in [0, 0.05) is 36.7 Å². The summed E-state index contributed by atoms with van der Waals surface area (Å²) < 4.78 is 1.22. The fourth-order valence-corrected chi connectivity index (χ4v) is 2.57. The van der Waals surface area contributed by atoms with Crippen molar-refractivity contribution < 1.29 is 0 Å². The number of aryl methyl sites for hydroxylation is 1.